The van der Waals surface area contributed by atoms with E-state index in [0.29, 0.717) is 78.4 Å². The van der Waals surface area contributed by atoms with Gasteiger partial charge in [-0.25, -0.2) is 0 Å². The third-order valence-corrected chi connectivity index (χ3v) is 13.7. The van der Waals surface area contributed by atoms with Gasteiger partial charge < -0.3 is 35.6 Å². The molecule has 0 aromatic heterocycles. The number of hydrogen-bond donors (Lipinski definition) is 3. The van der Waals surface area contributed by atoms with Crippen molar-refractivity contribution in [2.45, 2.75) is 19.6 Å². The van der Waals surface area contributed by atoms with Gasteiger partial charge in [0.05, 0.1) is 28.0 Å². The molecule has 428 valence electrons. The third kappa shape index (κ3) is 14.8. The number of halogens is 8. The number of nitrogens with two attached hydrogens (primary N) is 1. The Bertz CT molecular complexity index is 3990. The summed E-state index contributed by atoms with van der Waals surface area (Å²) in [5.74, 6) is -2.19. The average molecular weight is 1300 g/mol. The fraction of sp³-hybridized carbons (Fsp3) is 0.190. The molecule has 8 aromatic carbocycles. The molecule has 0 saturated heterocycles. The van der Waals surface area contributed by atoms with Gasteiger partial charge in [0.15, 0.2) is 16.6 Å². The Kier molecular flexibility index (Phi) is 19.9. The Balaban J connectivity index is 0.000000195. The molecule has 0 aliphatic carbocycles. The Hall–Kier alpha value is -8.08. The lowest BCUT2D eigenvalue weighted by Crippen LogP contribution is -2.43. The van der Waals surface area contributed by atoms with E-state index in [1.54, 1.807) is 48.5 Å². The maximum atomic E-state index is 13.9. The highest BCUT2D eigenvalue weighted by Gasteiger charge is 2.37. The molecule has 8 aromatic rings. The molecule has 4 amide bonds. The predicted octanol–water partition coefficient (Wildman–Crippen LogP) is 14.0. The van der Waals surface area contributed by atoms with Crippen LogP contribution in [-0.2, 0) is 0 Å². The lowest BCUT2D eigenvalue weighted by Gasteiger charge is -2.29. The SMILES string of the molecule is CC#N.CN(C)CCN1C(=O)c2cccc3cc4cccc(N)c4c(c23)C1=O.CN(C)CCN1C(=O)c2cccc3cc4cccc(NC(=S)Nc5ccc(Br)cc5OC(F)(F)F)c4c(c23)C1=O.FC(F)(F)Oc1cc(Br)ccc1N=C=S. The molecule has 0 bridgehead atoms. The lowest BCUT2D eigenvalue weighted by molar-refractivity contribution is -0.275. The second-order valence-electron chi connectivity index (χ2n) is 18.6. The first-order chi connectivity index (χ1) is 39.2. The summed E-state index contributed by atoms with van der Waals surface area (Å²) < 4.78 is 83.6. The molecule has 0 atom stereocenters. The first-order valence-corrected chi connectivity index (χ1v) is 27.0. The monoisotopic (exact) mass is 1300 g/mol. The number of isothiocyanates is 1. The van der Waals surface area contributed by atoms with E-state index in [9.17, 15) is 45.5 Å². The highest BCUT2D eigenvalue weighted by Crippen LogP contribution is 2.41. The standard InChI is InChI=1S/C28H22BrF3N4O3S.C20H19N3O2.C8H3BrF3NOS.C2H3N/c1-35(2)11-12-36-25(37)18-7-3-5-15-13-16-6-4-8-20(23(16)24(22(15)18)26(36)38)34-27(40)33-19-10-9-17(29)14-21(19)39-28(30,31)32;1-22(2)9-10-23-19(24)14-7-3-5-12-11-13-6-4-8-15(21)17(13)18(16(12)14)20(23)25;9-5-1-2-6(13-4-15)7(3-5)14-8(10,11)12;1-2-3/h3-10,13-14H,11-12H2,1-2H3,(H2,33,34,40);3-8,11H,9-10,21H2,1-2H3;1-3H;1H3. The second-order valence-corrected chi connectivity index (χ2v) is 21.1. The van der Waals surface area contributed by atoms with Crippen molar-refractivity contribution in [3.63, 3.8) is 0 Å². The van der Waals surface area contributed by atoms with Crippen LogP contribution in [0.4, 0.5) is 49.1 Å². The molecule has 0 fully saturated rings. The van der Waals surface area contributed by atoms with Crippen LogP contribution in [0.2, 0.25) is 0 Å². The summed E-state index contributed by atoms with van der Waals surface area (Å²) in [4.78, 5) is 63.2. The van der Waals surface area contributed by atoms with Crippen molar-refractivity contribution in [2.75, 3.05) is 70.7 Å². The van der Waals surface area contributed by atoms with Gasteiger partial charge >= 0.3 is 12.7 Å². The van der Waals surface area contributed by atoms with Crippen molar-refractivity contribution in [1.82, 2.24) is 19.6 Å². The van der Waals surface area contributed by atoms with Crippen LogP contribution in [0.3, 0.4) is 0 Å². The molecule has 2 aliphatic heterocycles. The number of nitrogens with one attached hydrogen (secondary N) is 2. The molecule has 2 aliphatic rings. The van der Waals surface area contributed by atoms with Crippen molar-refractivity contribution in [3.8, 4) is 17.6 Å². The summed E-state index contributed by atoms with van der Waals surface area (Å²) in [6.45, 7) is 3.09. The van der Waals surface area contributed by atoms with Gasteiger partial charge in [-0.05, 0) is 147 Å². The number of carbonyl (C=O) groups is 4. The zero-order chi connectivity index (χ0) is 60.7. The van der Waals surface area contributed by atoms with Crippen LogP contribution in [-0.4, -0.2) is 121 Å². The van der Waals surface area contributed by atoms with E-state index in [1.165, 1.54) is 41.0 Å². The number of amides is 4. The summed E-state index contributed by atoms with van der Waals surface area (Å²) in [7, 11) is 7.55. The number of alkyl halides is 6. The number of benzene rings is 8. The van der Waals surface area contributed by atoms with Crippen LogP contribution in [0.25, 0.3) is 43.1 Å². The van der Waals surface area contributed by atoms with Crippen molar-refractivity contribution >= 4 is 156 Å². The molecule has 83 heavy (non-hydrogen) atoms. The van der Waals surface area contributed by atoms with Gasteiger partial charge in [-0.1, -0.05) is 80.4 Å². The van der Waals surface area contributed by atoms with Crippen LogP contribution in [0.1, 0.15) is 48.4 Å². The number of carbonyl (C=O) groups excluding carboxylic acids is 4. The molecule has 0 radical (unpaired) electrons. The number of aliphatic imine (C=N–C) groups is 1. The first kappa shape index (κ1) is 62.5. The van der Waals surface area contributed by atoms with Crippen LogP contribution < -0.4 is 25.8 Å². The number of anilines is 3. The highest BCUT2D eigenvalue weighted by molar-refractivity contribution is 9.10. The molecule has 0 spiro atoms. The Morgan fingerprint density at radius 3 is 1.53 bits per heavy atom. The number of thiocarbonyl (C=S) groups is 2. The summed E-state index contributed by atoms with van der Waals surface area (Å²) >= 11 is 15.9. The Morgan fingerprint density at radius 2 is 1.04 bits per heavy atom. The molecular formula is C58H47Br2F6N9O6S2. The summed E-state index contributed by atoms with van der Waals surface area (Å²) in [5.41, 5.74) is 9.06. The van der Waals surface area contributed by atoms with Gasteiger partial charge in [0.25, 0.3) is 23.6 Å². The number of ether oxygens (including phenoxy) is 2. The normalized spacial score (nSPS) is 12.7. The van der Waals surface area contributed by atoms with Crippen molar-refractivity contribution in [2.24, 2.45) is 4.99 Å². The molecule has 2 heterocycles. The topological polar surface area (TPSA) is 186 Å². The number of likely N-dealkylation sites (N-methyl/N-ethyl adjacent to an activating group) is 2. The van der Waals surface area contributed by atoms with E-state index >= 15 is 0 Å². The molecule has 0 saturated carbocycles. The Labute approximate surface area is 498 Å². The average Bonchev–Trinajstić information content (AvgIpc) is 1.55. The number of fused-ring (bicyclic) bond motifs is 4. The molecule has 10 rings (SSSR count). The van der Waals surface area contributed by atoms with Gasteiger partial charge in [0.1, 0.15) is 5.69 Å². The first-order valence-electron chi connectivity index (χ1n) is 24.6. The molecular weight excluding hydrogens is 1260 g/mol. The fourth-order valence-electron chi connectivity index (χ4n) is 9.05. The van der Waals surface area contributed by atoms with Gasteiger partial charge in [0.2, 0.25) is 0 Å². The van der Waals surface area contributed by atoms with Crippen LogP contribution >= 0.6 is 56.3 Å². The number of nitriles is 1. The Morgan fingerprint density at radius 1 is 0.614 bits per heavy atom. The second kappa shape index (κ2) is 26.4. The maximum absolute atomic E-state index is 13.9. The summed E-state index contributed by atoms with van der Waals surface area (Å²) in [6, 6.07) is 35.6. The van der Waals surface area contributed by atoms with Crippen LogP contribution in [0.5, 0.6) is 11.5 Å². The number of nitrogen functional groups attached to an aromatic ring is 1. The maximum Gasteiger partial charge on any atom is 0.573 e. The quantitative estimate of drug-likeness (QED) is 0.0277. The number of nitrogens with zero attached hydrogens (tertiary/aromatic N) is 6. The summed E-state index contributed by atoms with van der Waals surface area (Å²) in [6.07, 6.45) is -9.66. The van der Waals surface area contributed by atoms with Crippen LogP contribution in [0, 0.1) is 11.3 Å². The molecule has 4 N–H and O–H groups in total. The minimum Gasteiger partial charge on any atom is -0.404 e. The van der Waals surface area contributed by atoms with Gasteiger partial charge in [-0.3, -0.25) is 29.0 Å². The smallest absolute Gasteiger partial charge is 0.404 e. The minimum absolute atomic E-state index is 0.0103. The van der Waals surface area contributed by atoms with E-state index in [-0.39, 0.29) is 40.8 Å². The third-order valence-electron chi connectivity index (χ3n) is 12.4. The van der Waals surface area contributed by atoms with Gasteiger partial charge in [0, 0.05) is 86.1 Å². The zero-order valence-corrected chi connectivity index (χ0v) is 49.2. The van der Waals surface area contributed by atoms with Crippen molar-refractivity contribution in [3.05, 3.63) is 153 Å². The van der Waals surface area contributed by atoms with Gasteiger partial charge in [-0.15, -0.1) is 26.3 Å². The molecule has 0 unspecified atom stereocenters. The molecule has 15 nitrogen and oxygen atoms in total. The van der Waals surface area contributed by atoms with E-state index in [0.717, 1.165) is 33.0 Å². The number of imide groups is 2. The number of rotatable bonds is 11. The van der Waals surface area contributed by atoms with Gasteiger partial charge in [-0.2, -0.15) is 10.3 Å². The van der Waals surface area contributed by atoms with Crippen molar-refractivity contribution < 1.29 is 55.0 Å². The fourth-order valence-corrected chi connectivity index (χ4v) is 10.0. The minimum atomic E-state index is -4.90. The van der Waals surface area contributed by atoms with Crippen LogP contribution in [0.15, 0.2) is 135 Å². The molecule has 25 heteroatoms. The zero-order valence-electron chi connectivity index (χ0n) is 44.4. The van der Waals surface area contributed by atoms with Crippen molar-refractivity contribution in [1.29, 1.82) is 5.26 Å². The highest BCUT2D eigenvalue weighted by atomic mass is 79.9. The summed E-state index contributed by atoms with van der Waals surface area (Å²) in [5, 5.41) is 20.9. The largest absolute Gasteiger partial charge is 0.573 e. The van der Waals surface area contributed by atoms with E-state index in [4.69, 9.17) is 23.2 Å². The predicted molar refractivity (Wildman–Crippen MR) is 323 cm³/mol. The lowest BCUT2D eigenvalue weighted by atomic mass is 9.89. The van der Waals surface area contributed by atoms with E-state index < -0.39 is 30.1 Å². The van der Waals surface area contributed by atoms with E-state index in [2.05, 4.69) is 69.2 Å². The number of hydrogen-bond acceptors (Lipinski definition) is 13. The van der Waals surface area contributed by atoms with E-state index in [1.807, 2.05) is 91.7 Å².